The molecule has 0 N–H and O–H groups in total. The Kier molecular flexibility index (Phi) is 6.62. The molecule has 6 rings (SSSR count). The van der Waals surface area contributed by atoms with E-state index in [0.717, 1.165) is 22.3 Å². The van der Waals surface area contributed by atoms with Crippen LogP contribution in [0.4, 0.5) is 0 Å². The van der Waals surface area contributed by atoms with Gasteiger partial charge in [0.1, 0.15) is 11.7 Å². The minimum atomic E-state index is -0.910. The van der Waals surface area contributed by atoms with Gasteiger partial charge in [-0.3, -0.25) is 14.5 Å². The van der Waals surface area contributed by atoms with E-state index in [2.05, 4.69) is 36.4 Å². The molecule has 2 aliphatic rings. The number of rotatable bonds is 8. The third-order valence-electron chi connectivity index (χ3n) is 7.46. The van der Waals surface area contributed by atoms with Gasteiger partial charge in [-0.1, -0.05) is 121 Å². The summed E-state index contributed by atoms with van der Waals surface area (Å²) in [4.78, 5) is 27.8. The molecule has 0 bridgehead atoms. The van der Waals surface area contributed by atoms with Crippen molar-refractivity contribution in [1.29, 1.82) is 0 Å². The maximum Gasteiger partial charge on any atom is 0.261 e. The summed E-state index contributed by atoms with van der Waals surface area (Å²) in [5.41, 5.74) is 2.98. The van der Waals surface area contributed by atoms with Crippen LogP contribution in [0, 0.1) is 0 Å². The van der Waals surface area contributed by atoms with Gasteiger partial charge in [-0.25, -0.2) is 0 Å². The third kappa shape index (κ3) is 4.44. The lowest BCUT2D eigenvalue weighted by atomic mass is 9.80. The monoisotopic (exact) mass is 503 g/mol. The smallest absolute Gasteiger partial charge is 0.261 e. The first-order valence-corrected chi connectivity index (χ1v) is 13.1. The van der Waals surface area contributed by atoms with Crippen molar-refractivity contribution in [2.24, 2.45) is 0 Å². The van der Waals surface area contributed by atoms with E-state index in [1.165, 1.54) is 4.90 Å². The van der Waals surface area contributed by atoms with Crippen LogP contribution in [-0.4, -0.2) is 35.5 Å². The summed E-state index contributed by atoms with van der Waals surface area (Å²) in [5.74, 6) is -0.449. The highest BCUT2D eigenvalue weighted by Crippen LogP contribution is 2.43. The Labute approximate surface area is 222 Å². The molecule has 2 saturated heterocycles. The van der Waals surface area contributed by atoms with E-state index >= 15 is 0 Å². The lowest BCUT2D eigenvalue weighted by Crippen LogP contribution is -2.45. The molecule has 190 valence electrons. The van der Waals surface area contributed by atoms with E-state index in [9.17, 15) is 9.59 Å². The van der Waals surface area contributed by atoms with Gasteiger partial charge >= 0.3 is 0 Å². The van der Waals surface area contributed by atoms with Gasteiger partial charge in [-0.2, -0.15) is 0 Å². The molecule has 0 aliphatic carbocycles. The van der Waals surface area contributed by atoms with Crippen LogP contribution in [0.1, 0.15) is 41.2 Å². The van der Waals surface area contributed by atoms with Crippen LogP contribution in [0.2, 0.25) is 0 Å². The van der Waals surface area contributed by atoms with E-state index in [4.69, 9.17) is 9.47 Å². The van der Waals surface area contributed by atoms with Crippen LogP contribution >= 0.6 is 0 Å². The normalized spacial score (nSPS) is 20.9. The Balaban J connectivity index is 1.31. The van der Waals surface area contributed by atoms with Gasteiger partial charge in [0.05, 0.1) is 12.6 Å². The number of ether oxygens (including phenoxy) is 2. The van der Waals surface area contributed by atoms with Gasteiger partial charge in [-0.05, 0) is 28.7 Å². The highest BCUT2D eigenvalue weighted by Gasteiger charge is 2.52. The average Bonchev–Trinajstić information content (AvgIpc) is 3.71. The van der Waals surface area contributed by atoms with Crippen LogP contribution in [0.15, 0.2) is 121 Å². The van der Waals surface area contributed by atoms with E-state index in [-0.39, 0.29) is 30.6 Å². The maximum absolute atomic E-state index is 13.5. The first-order valence-electron chi connectivity index (χ1n) is 13.1. The van der Waals surface area contributed by atoms with Crippen molar-refractivity contribution in [3.05, 3.63) is 144 Å². The highest BCUT2D eigenvalue weighted by molar-refractivity contribution is 6.00. The highest BCUT2D eigenvalue weighted by atomic mass is 16.6. The zero-order chi connectivity index (χ0) is 26.0. The van der Waals surface area contributed by atoms with E-state index in [0.29, 0.717) is 12.8 Å². The van der Waals surface area contributed by atoms with Crippen LogP contribution in [0.25, 0.3) is 0 Å². The minimum Gasteiger partial charge on any atom is -0.359 e. The molecule has 5 heteroatoms. The Morgan fingerprint density at radius 1 is 0.763 bits per heavy atom. The first kappa shape index (κ1) is 24.3. The summed E-state index contributed by atoms with van der Waals surface area (Å²) in [6.07, 6.45) is -0.0704. The van der Waals surface area contributed by atoms with Gasteiger partial charge < -0.3 is 9.47 Å². The standard InChI is InChI=1S/C33H29NO4/c35-29-22-21-28(34(29)32(36)31-30(38-31)24-13-5-1-6-14-24)23-37-33(25-15-7-2-8-16-25,26-17-9-3-10-18-26)27-19-11-4-12-20-27/h1-20,28,30-31H,21-23H2/t28-,30+,31-/m0/s1. The molecule has 4 aromatic rings. The molecule has 0 unspecified atom stereocenters. The molecule has 0 aromatic heterocycles. The molecule has 2 amide bonds. The second-order valence-electron chi connectivity index (χ2n) is 9.77. The zero-order valence-corrected chi connectivity index (χ0v) is 21.0. The molecule has 38 heavy (non-hydrogen) atoms. The lowest BCUT2D eigenvalue weighted by molar-refractivity contribution is -0.146. The van der Waals surface area contributed by atoms with E-state index in [1.807, 2.05) is 84.9 Å². The molecule has 5 nitrogen and oxygen atoms in total. The quantitative estimate of drug-likeness (QED) is 0.177. The molecule has 0 radical (unpaired) electrons. The number of nitrogens with zero attached hydrogens (tertiary/aromatic N) is 1. The number of likely N-dealkylation sites (tertiary alicyclic amines) is 1. The van der Waals surface area contributed by atoms with Crippen LogP contribution in [0.3, 0.4) is 0 Å². The summed E-state index contributed by atoms with van der Waals surface area (Å²) < 4.78 is 12.7. The third-order valence-corrected chi connectivity index (χ3v) is 7.46. The minimum absolute atomic E-state index is 0.171. The summed E-state index contributed by atoms with van der Waals surface area (Å²) >= 11 is 0. The summed E-state index contributed by atoms with van der Waals surface area (Å²) in [7, 11) is 0. The van der Waals surface area contributed by atoms with Crippen molar-refractivity contribution in [1.82, 2.24) is 4.90 Å². The first-order chi connectivity index (χ1) is 18.7. The molecular formula is C33H29NO4. The number of hydrogen-bond donors (Lipinski definition) is 0. The summed E-state index contributed by atoms with van der Waals surface area (Å²) in [6, 6.07) is 39.6. The number of benzene rings is 4. The van der Waals surface area contributed by atoms with Crippen LogP contribution in [0.5, 0.6) is 0 Å². The Morgan fingerprint density at radius 2 is 1.24 bits per heavy atom. The van der Waals surface area contributed by atoms with E-state index in [1.54, 1.807) is 0 Å². The van der Waals surface area contributed by atoms with Gasteiger partial charge in [0.15, 0.2) is 6.10 Å². The molecule has 3 atom stereocenters. The molecular weight excluding hydrogens is 474 g/mol. The van der Waals surface area contributed by atoms with Crippen LogP contribution in [-0.2, 0) is 24.7 Å². The predicted molar refractivity (Wildman–Crippen MR) is 144 cm³/mol. The van der Waals surface area contributed by atoms with Crippen molar-refractivity contribution in [2.75, 3.05) is 6.61 Å². The second kappa shape index (κ2) is 10.4. The van der Waals surface area contributed by atoms with Crippen molar-refractivity contribution in [3.63, 3.8) is 0 Å². The molecule has 0 saturated carbocycles. The van der Waals surface area contributed by atoms with Crippen LogP contribution < -0.4 is 0 Å². The van der Waals surface area contributed by atoms with Gasteiger partial charge in [0, 0.05) is 6.42 Å². The number of epoxide rings is 1. The summed E-state index contributed by atoms with van der Waals surface area (Å²) in [5, 5.41) is 0. The molecule has 4 aromatic carbocycles. The molecule has 2 aliphatic heterocycles. The Bertz CT molecular complexity index is 1300. The van der Waals surface area contributed by atoms with E-state index < -0.39 is 11.7 Å². The Morgan fingerprint density at radius 3 is 1.74 bits per heavy atom. The van der Waals surface area contributed by atoms with Crippen molar-refractivity contribution in [2.45, 2.75) is 36.7 Å². The number of carbonyl (C=O) groups is 2. The van der Waals surface area contributed by atoms with Gasteiger partial charge in [0.25, 0.3) is 5.91 Å². The average molecular weight is 504 g/mol. The lowest BCUT2D eigenvalue weighted by Gasteiger charge is -2.37. The van der Waals surface area contributed by atoms with Gasteiger partial charge in [-0.15, -0.1) is 0 Å². The topological polar surface area (TPSA) is 59.1 Å². The van der Waals surface area contributed by atoms with Gasteiger partial charge in [0.2, 0.25) is 5.91 Å². The summed E-state index contributed by atoms with van der Waals surface area (Å²) in [6.45, 7) is 0.207. The fraction of sp³-hybridized carbons (Fsp3) is 0.212. The number of hydrogen-bond acceptors (Lipinski definition) is 4. The second-order valence-corrected chi connectivity index (χ2v) is 9.77. The molecule has 2 heterocycles. The maximum atomic E-state index is 13.5. The number of imide groups is 1. The number of amides is 2. The fourth-order valence-electron chi connectivity index (χ4n) is 5.53. The van der Waals surface area contributed by atoms with Crippen molar-refractivity contribution >= 4 is 11.8 Å². The van der Waals surface area contributed by atoms with Crippen molar-refractivity contribution < 1.29 is 19.1 Å². The number of carbonyl (C=O) groups excluding carboxylic acids is 2. The zero-order valence-electron chi connectivity index (χ0n) is 21.0. The molecule has 0 spiro atoms. The predicted octanol–water partition coefficient (Wildman–Crippen LogP) is 5.65. The van der Waals surface area contributed by atoms with Crippen molar-refractivity contribution in [3.8, 4) is 0 Å². The Hall–Kier alpha value is -4.06. The fourth-order valence-corrected chi connectivity index (χ4v) is 5.53. The SMILES string of the molecule is O=C1CC[C@@H](COC(c2ccccc2)(c2ccccc2)c2ccccc2)N1C(=O)[C@H]1O[C@@H]1c1ccccc1. The largest absolute Gasteiger partial charge is 0.359 e. The molecule has 2 fully saturated rings.